The van der Waals surface area contributed by atoms with E-state index >= 15 is 0 Å². The molecule has 0 N–H and O–H groups in total. The van der Waals surface area contributed by atoms with Gasteiger partial charge in [0.2, 0.25) is 5.91 Å². The topological polar surface area (TPSA) is 41.9 Å². The minimum Gasteiger partial charge on any atom is -0.376 e. The van der Waals surface area contributed by atoms with E-state index in [-0.39, 0.29) is 12.0 Å². The van der Waals surface area contributed by atoms with Gasteiger partial charge in [0.15, 0.2) is 0 Å². The second kappa shape index (κ2) is 7.11. The van der Waals surface area contributed by atoms with Crippen LogP contribution in [0, 0.1) is 0 Å². The molecule has 1 fully saturated rings. The molecule has 100 valence electrons. The maximum absolute atomic E-state index is 11.6. The first-order chi connectivity index (χ1) is 8.49. The molecule has 4 nitrogen and oxygen atoms in total. The predicted octanol–water partition coefficient (Wildman–Crippen LogP) is 2.17. The van der Waals surface area contributed by atoms with Gasteiger partial charge in [0.25, 0.3) is 0 Å². The molecule has 1 rings (SSSR count). The highest BCUT2D eigenvalue weighted by atomic mass is 16.5. The Morgan fingerprint density at radius 3 is 2.72 bits per heavy atom. The van der Waals surface area contributed by atoms with Crippen molar-refractivity contribution in [1.29, 1.82) is 0 Å². The summed E-state index contributed by atoms with van der Waals surface area (Å²) < 4.78 is 5.54. The van der Waals surface area contributed by atoms with Crippen molar-refractivity contribution >= 4 is 12.1 Å². The van der Waals surface area contributed by atoms with Gasteiger partial charge in [0, 0.05) is 38.5 Å². The number of hydrogen-bond donors (Lipinski definition) is 0. The first kappa shape index (κ1) is 14.6. The van der Waals surface area contributed by atoms with E-state index in [9.17, 15) is 4.79 Å². The van der Waals surface area contributed by atoms with Gasteiger partial charge in [0.1, 0.15) is 0 Å². The maximum atomic E-state index is 11.6. The molecular formula is C14H22N2O2. The third-order valence-electron chi connectivity index (χ3n) is 2.75. The van der Waals surface area contributed by atoms with Crippen molar-refractivity contribution in [2.24, 2.45) is 4.99 Å². The highest BCUT2D eigenvalue weighted by Gasteiger charge is 2.20. The zero-order valence-electron chi connectivity index (χ0n) is 11.3. The Balaban J connectivity index is 2.49. The van der Waals surface area contributed by atoms with Crippen LogP contribution in [0.5, 0.6) is 0 Å². The fourth-order valence-electron chi connectivity index (χ4n) is 1.83. The minimum atomic E-state index is 0.0374. The summed E-state index contributed by atoms with van der Waals surface area (Å²) in [5.74, 6) is 0.0374. The number of hydrogen-bond acceptors (Lipinski definition) is 3. The number of allylic oxidation sites excluding steroid dienone is 1. The van der Waals surface area contributed by atoms with Gasteiger partial charge >= 0.3 is 0 Å². The Morgan fingerprint density at radius 1 is 1.50 bits per heavy atom. The maximum Gasteiger partial charge on any atom is 0.219 e. The molecule has 0 aromatic carbocycles. The summed E-state index contributed by atoms with van der Waals surface area (Å²) >= 11 is 0. The molecule has 1 atom stereocenters. The number of carbonyl (C=O) groups is 1. The smallest absolute Gasteiger partial charge is 0.219 e. The van der Waals surface area contributed by atoms with Crippen molar-refractivity contribution in [1.82, 2.24) is 4.90 Å². The third-order valence-corrected chi connectivity index (χ3v) is 2.75. The van der Waals surface area contributed by atoms with E-state index in [1.54, 1.807) is 18.0 Å². The summed E-state index contributed by atoms with van der Waals surface area (Å²) in [4.78, 5) is 17.4. The highest BCUT2D eigenvalue weighted by molar-refractivity contribution is 5.81. The van der Waals surface area contributed by atoms with Crippen LogP contribution in [0.15, 0.2) is 29.4 Å². The molecular weight excluding hydrogens is 228 g/mol. The van der Waals surface area contributed by atoms with Crippen LogP contribution in [0.3, 0.4) is 0 Å². The normalized spacial score (nSPS) is 19.1. The van der Waals surface area contributed by atoms with Crippen LogP contribution in [-0.4, -0.2) is 42.8 Å². The molecule has 1 saturated heterocycles. The van der Waals surface area contributed by atoms with E-state index < -0.39 is 0 Å². The zero-order valence-corrected chi connectivity index (χ0v) is 11.3. The summed E-state index contributed by atoms with van der Waals surface area (Å²) in [6, 6.07) is 0. The number of aliphatic imine (C=N–C) groups is 1. The molecule has 0 radical (unpaired) electrons. The Morgan fingerprint density at radius 2 is 2.22 bits per heavy atom. The lowest BCUT2D eigenvalue weighted by Gasteiger charge is -2.24. The van der Waals surface area contributed by atoms with Crippen LogP contribution < -0.4 is 0 Å². The molecule has 0 aliphatic carbocycles. The van der Waals surface area contributed by atoms with Crippen molar-refractivity contribution in [2.45, 2.75) is 32.8 Å². The molecule has 0 saturated carbocycles. The monoisotopic (exact) mass is 250 g/mol. The van der Waals surface area contributed by atoms with Crippen LogP contribution in [0.1, 0.15) is 26.7 Å². The molecule has 18 heavy (non-hydrogen) atoms. The zero-order chi connectivity index (χ0) is 13.5. The molecule has 0 aromatic heterocycles. The summed E-state index contributed by atoms with van der Waals surface area (Å²) in [6.45, 7) is 12.9. The summed E-state index contributed by atoms with van der Waals surface area (Å²) in [7, 11) is 0. The number of carbonyl (C=O) groups excluding carboxylic acids is 1. The van der Waals surface area contributed by atoms with E-state index in [0.29, 0.717) is 13.1 Å². The number of amides is 1. The van der Waals surface area contributed by atoms with E-state index in [2.05, 4.69) is 18.2 Å². The standard InChI is InChI=1S/C14H22N2O2/c1-11(2)15-8-12(3)9-16(13(4)17)10-14-6-5-7-18-14/h8,14H,1,3,5-7,9-10H2,2,4H3. The largest absolute Gasteiger partial charge is 0.376 e. The molecule has 1 aliphatic rings. The second-order valence-corrected chi connectivity index (χ2v) is 4.69. The molecule has 1 aliphatic heterocycles. The molecule has 0 bridgehead atoms. The first-order valence-corrected chi connectivity index (χ1v) is 6.23. The van der Waals surface area contributed by atoms with Crippen LogP contribution in [0.25, 0.3) is 0 Å². The molecule has 1 amide bonds. The van der Waals surface area contributed by atoms with Gasteiger partial charge in [-0.3, -0.25) is 9.79 Å². The third kappa shape index (κ3) is 5.27. The fourth-order valence-corrected chi connectivity index (χ4v) is 1.83. The van der Waals surface area contributed by atoms with Gasteiger partial charge < -0.3 is 9.64 Å². The lowest BCUT2D eigenvalue weighted by atomic mass is 10.2. The van der Waals surface area contributed by atoms with Gasteiger partial charge in [-0.2, -0.15) is 0 Å². The lowest BCUT2D eigenvalue weighted by molar-refractivity contribution is -0.129. The van der Waals surface area contributed by atoms with Gasteiger partial charge in [-0.15, -0.1) is 0 Å². The molecule has 1 unspecified atom stereocenters. The minimum absolute atomic E-state index is 0.0374. The predicted molar refractivity (Wildman–Crippen MR) is 73.7 cm³/mol. The fraction of sp³-hybridized carbons (Fsp3) is 0.571. The van der Waals surface area contributed by atoms with Crippen molar-refractivity contribution in [3.63, 3.8) is 0 Å². The number of rotatable bonds is 6. The SMILES string of the molecule is C=C(C=NC(=C)C)CN(CC1CCCO1)C(C)=O. The van der Waals surface area contributed by atoms with Crippen molar-refractivity contribution < 1.29 is 9.53 Å². The first-order valence-electron chi connectivity index (χ1n) is 6.23. The van der Waals surface area contributed by atoms with Gasteiger partial charge in [0.05, 0.1) is 6.10 Å². The number of ether oxygens (including phenoxy) is 1. The van der Waals surface area contributed by atoms with Crippen LogP contribution in [0.2, 0.25) is 0 Å². The Kier molecular flexibility index (Phi) is 5.78. The molecule has 1 heterocycles. The number of nitrogens with zero attached hydrogens (tertiary/aromatic N) is 2. The second-order valence-electron chi connectivity index (χ2n) is 4.69. The van der Waals surface area contributed by atoms with Crippen LogP contribution in [-0.2, 0) is 9.53 Å². The van der Waals surface area contributed by atoms with E-state index in [0.717, 1.165) is 30.7 Å². The summed E-state index contributed by atoms with van der Waals surface area (Å²) in [5.41, 5.74) is 1.52. The van der Waals surface area contributed by atoms with Crippen LogP contribution >= 0.6 is 0 Å². The van der Waals surface area contributed by atoms with Crippen molar-refractivity contribution in [3.8, 4) is 0 Å². The Labute approximate surface area is 109 Å². The van der Waals surface area contributed by atoms with Crippen molar-refractivity contribution in [2.75, 3.05) is 19.7 Å². The van der Waals surface area contributed by atoms with Crippen LogP contribution in [0.4, 0.5) is 0 Å². The average Bonchev–Trinajstić information content (AvgIpc) is 2.78. The summed E-state index contributed by atoms with van der Waals surface area (Å²) in [5, 5.41) is 0. The molecule has 0 aromatic rings. The molecule has 0 spiro atoms. The van der Waals surface area contributed by atoms with Gasteiger partial charge in [-0.1, -0.05) is 13.2 Å². The van der Waals surface area contributed by atoms with E-state index in [1.807, 2.05) is 6.92 Å². The average molecular weight is 250 g/mol. The lowest BCUT2D eigenvalue weighted by Crippen LogP contribution is -2.37. The highest BCUT2D eigenvalue weighted by Crippen LogP contribution is 2.14. The quantitative estimate of drug-likeness (QED) is 0.678. The molecule has 4 heteroatoms. The van der Waals surface area contributed by atoms with Gasteiger partial charge in [-0.25, -0.2) is 0 Å². The van der Waals surface area contributed by atoms with E-state index in [1.165, 1.54) is 0 Å². The summed E-state index contributed by atoms with van der Waals surface area (Å²) in [6.07, 6.45) is 3.93. The van der Waals surface area contributed by atoms with E-state index in [4.69, 9.17) is 4.74 Å². The Hall–Kier alpha value is -1.42. The van der Waals surface area contributed by atoms with Crippen molar-refractivity contribution in [3.05, 3.63) is 24.4 Å². The Bertz CT molecular complexity index is 355. The van der Waals surface area contributed by atoms with Gasteiger partial charge in [-0.05, 0) is 25.3 Å².